The van der Waals surface area contributed by atoms with E-state index in [0.29, 0.717) is 29.4 Å². The molecular weight excluding hydrogens is 258 g/mol. The van der Waals surface area contributed by atoms with Gasteiger partial charge >= 0.3 is 5.97 Å². The molecule has 0 aliphatic heterocycles. The molecule has 0 saturated heterocycles. The van der Waals surface area contributed by atoms with Crippen molar-refractivity contribution in [2.75, 3.05) is 13.7 Å². The van der Waals surface area contributed by atoms with Gasteiger partial charge in [-0.1, -0.05) is 13.3 Å². The van der Waals surface area contributed by atoms with Gasteiger partial charge in [0.2, 0.25) is 5.88 Å². The molecule has 0 aliphatic rings. The Morgan fingerprint density at radius 3 is 2.65 bits per heavy atom. The quantitative estimate of drug-likeness (QED) is 0.567. The van der Waals surface area contributed by atoms with Gasteiger partial charge in [-0.25, -0.2) is 9.78 Å². The fourth-order valence-electron chi connectivity index (χ4n) is 1.70. The second kappa shape index (κ2) is 7.72. The van der Waals surface area contributed by atoms with E-state index in [-0.39, 0.29) is 6.10 Å². The van der Waals surface area contributed by atoms with Gasteiger partial charge in [0.05, 0.1) is 26.0 Å². The first-order chi connectivity index (χ1) is 9.51. The Hall–Kier alpha value is -1.78. The summed E-state index contributed by atoms with van der Waals surface area (Å²) in [6.45, 7) is 8.22. The van der Waals surface area contributed by atoms with Crippen molar-refractivity contribution in [2.24, 2.45) is 0 Å². The van der Waals surface area contributed by atoms with Crippen LogP contribution in [0, 0.1) is 6.92 Å². The third-order valence-corrected chi connectivity index (χ3v) is 2.73. The Balaban J connectivity index is 3.11. The van der Waals surface area contributed by atoms with Crippen LogP contribution in [0.5, 0.6) is 11.6 Å². The first-order valence-electron chi connectivity index (χ1n) is 6.88. The molecule has 0 unspecified atom stereocenters. The maximum atomic E-state index is 11.9. The molecule has 5 nitrogen and oxygen atoms in total. The van der Waals surface area contributed by atoms with Crippen LogP contribution in [0.1, 0.15) is 49.5 Å². The van der Waals surface area contributed by atoms with Gasteiger partial charge in [0, 0.05) is 5.56 Å². The van der Waals surface area contributed by atoms with Crippen LogP contribution in [-0.2, 0) is 4.74 Å². The number of carbonyl (C=O) groups excluding carboxylic acids is 1. The van der Waals surface area contributed by atoms with Gasteiger partial charge in [-0.15, -0.1) is 0 Å². The number of pyridine rings is 1. The van der Waals surface area contributed by atoms with Gasteiger partial charge in [0.15, 0.2) is 5.75 Å². The number of hydrogen-bond donors (Lipinski definition) is 0. The summed E-state index contributed by atoms with van der Waals surface area (Å²) in [5.41, 5.74) is 1.02. The Morgan fingerprint density at radius 2 is 2.10 bits per heavy atom. The molecule has 0 aromatic carbocycles. The van der Waals surface area contributed by atoms with Crippen molar-refractivity contribution in [3.63, 3.8) is 0 Å². The molecule has 5 heteroatoms. The number of nitrogens with zero attached hydrogens (tertiary/aromatic N) is 1. The number of ether oxygens (including phenoxy) is 3. The number of esters is 1. The summed E-state index contributed by atoms with van der Waals surface area (Å²) in [6, 6.07) is 0. The number of hydrogen-bond acceptors (Lipinski definition) is 5. The van der Waals surface area contributed by atoms with Gasteiger partial charge < -0.3 is 14.2 Å². The molecule has 0 atom stereocenters. The average molecular weight is 281 g/mol. The van der Waals surface area contributed by atoms with Crippen LogP contribution < -0.4 is 9.47 Å². The van der Waals surface area contributed by atoms with E-state index in [0.717, 1.165) is 12.8 Å². The zero-order valence-electron chi connectivity index (χ0n) is 12.9. The number of unbranched alkanes of at least 4 members (excludes halogenated alkanes) is 1. The molecule has 0 fully saturated rings. The number of methoxy groups -OCH3 is 1. The molecule has 1 heterocycles. The van der Waals surface area contributed by atoms with E-state index in [2.05, 4.69) is 11.9 Å². The highest BCUT2D eigenvalue weighted by atomic mass is 16.5. The molecule has 1 aromatic heterocycles. The van der Waals surface area contributed by atoms with Crippen molar-refractivity contribution in [3.05, 3.63) is 17.3 Å². The van der Waals surface area contributed by atoms with E-state index < -0.39 is 5.97 Å². The van der Waals surface area contributed by atoms with Crippen LogP contribution in [0.2, 0.25) is 0 Å². The van der Waals surface area contributed by atoms with E-state index in [4.69, 9.17) is 14.2 Å². The summed E-state index contributed by atoms with van der Waals surface area (Å²) in [6.07, 6.45) is 3.45. The lowest BCUT2D eigenvalue weighted by atomic mass is 10.1. The highest BCUT2D eigenvalue weighted by Crippen LogP contribution is 2.29. The van der Waals surface area contributed by atoms with Crippen LogP contribution >= 0.6 is 0 Å². The molecule has 0 radical (unpaired) electrons. The lowest BCUT2D eigenvalue weighted by Crippen LogP contribution is -2.13. The predicted octanol–water partition coefficient (Wildman–Crippen LogP) is 3.14. The molecule has 0 bridgehead atoms. The Labute approximate surface area is 120 Å². The van der Waals surface area contributed by atoms with Gasteiger partial charge in [-0.05, 0) is 27.2 Å². The zero-order chi connectivity index (χ0) is 15.1. The molecule has 0 N–H and O–H groups in total. The summed E-state index contributed by atoms with van der Waals surface area (Å²) < 4.78 is 16.0. The largest absolute Gasteiger partial charge is 0.491 e. The van der Waals surface area contributed by atoms with Crippen LogP contribution in [-0.4, -0.2) is 30.8 Å². The first-order valence-corrected chi connectivity index (χ1v) is 6.88. The molecule has 1 aromatic rings. The van der Waals surface area contributed by atoms with Gasteiger partial charge in [0.1, 0.15) is 5.56 Å². The molecule has 0 saturated carbocycles. The monoisotopic (exact) mass is 281 g/mol. The number of carbonyl (C=O) groups is 1. The molecule has 112 valence electrons. The predicted molar refractivity (Wildman–Crippen MR) is 76.5 cm³/mol. The number of aromatic nitrogens is 1. The average Bonchev–Trinajstić information content (AvgIpc) is 2.41. The minimum Gasteiger partial charge on any atom is -0.491 e. The summed E-state index contributed by atoms with van der Waals surface area (Å²) in [4.78, 5) is 16.2. The number of rotatable bonds is 7. The smallest absolute Gasteiger partial charge is 0.342 e. The summed E-state index contributed by atoms with van der Waals surface area (Å²) >= 11 is 0. The van der Waals surface area contributed by atoms with Crippen LogP contribution in [0.15, 0.2) is 6.20 Å². The topological polar surface area (TPSA) is 57.7 Å². The van der Waals surface area contributed by atoms with E-state index in [1.54, 1.807) is 6.92 Å². The lowest BCUT2D eigenvalue weighted by molar-refractivity contribution is 0.0593. The fraction of sp³-hybridized carbons (Fsp3) is 0.600. The molecule has 20 heavy (non-hydrogen) atoms. The molecule has 0 spiro atoms. The Bertz CT molecular complexity index is 457. The van der Waals surface area contributed by atoms with Crippen molar-refractivity contribution in [1.82, 2.24) is 4.98 Å². The maximum Gasteiger partial charge on any atom is 0.342 e. The summed E-state index contributed by atoms with van der Waals surface area (Å²) in [5.74, 6) is 0.437. The molecule has 0 amide bonds. The van der Waals surface area contributed by atoms with E-state index in [9.17, 15) is 4.79 Å². The first kappa shape index (κ1) is 16.3. The maximum absolute atomic E-state index is 11.9. The zero-order valence-corrected chi connectivity index (χ0v) is 12.9. The van der Waals surface area contributed by atoms with E-state index in [1.165, 1.54) is 13.3 Å². The fourth-order valence-corrected chi connectivity index (χ4v) is 1.70. The van der Waals surface area contributed by atoms with E-state index >= 15 is 0 Å². The lowest BCUT2D eigenvalue weighted by Gasteiger charge is -2.16. The minimum absolute atomic E-state index is 0.0152. The molecule has 0 aliphatic carbocycles. The highest BCUT2D eigenvalue weighted by molar-refractivity contribution is 5.94. The third-order valence-electron chi connectivity index (χ3n) is 2.73. The highest BCUT2D eigenvalue weighted by Gasteiger charge is 2.21. The van der Waals surface area contributed by atoms with Gasteiger partial charge in [0.25, 0.3) is 0 Å². The standard InChI is InChI=1S/C15H23NO4/c1-6-7-8-19-12-9-16-14(20-10(2)3)11(4)13(12)15(17)18-5/h9-10H,6-8H2,1-5H3. The van der Waals surface area contributed by atoms with Crippen molar-refractivity contribution < 1.29 is 19.0 Å². The molecule has 1 rings (SSSR count). The van der Waals surface area contributed by atoms with Crippen LogP contribution in [0.4, 0.5) is 0 Å². The van der Waals surface area contributed by atoms with Crippen molar-refractivity contribution in [3.8, 4) is 11.6 Å². The summed E-state index contributed by atoms with van der Waals surface area (Å²) in [7, 11) is 1.35. The normalized spacial score (nSPS) is 10.5. The van der Waals surface area contributed by atoms with Crippen molar-refractivity contribution in [1.29, 1.82) is 0 Å². The Kier molecular flexibility index (Phi) is 6.28. The minimum atomic E-state index is -0.440. The summed E-state index contributed by atoms with van der Waals surface area (Å²) in [5, 5.41) is 0. The SMILES string of the molecule is CCCCOc1cnc(OC(C)C)c(C)c1C(=O)OC. The van der Waals surface area contributed by atoms with Crippen molar-refractivity contribution in [2.45, 2.75) is 46.6 Å². The van der Waals surface area contributed by atoms with E-state index in [1.807, 2.05) is 13.8 Å². The second-order valence-electron chi connectivity index (χ2n) is 4.79. The van der Waals surface area contributed by atoms with Crippen LogP contribution in [0.3, 0.4) is 0 Å². The van der Waals surface area contributed by atoms with Crippen molar-refractivity contribution >= 4 is 5.97 Å². The Morgan fingerprint density at radius 1 is 1.40 bits per heavy atom. The second-order valence-corrected chi connectivity index (χ2v) is 4.79. The molecular formula is C15H23NO4. The third kappa shape index (κ3) is 4.11. The van der Waals surface area contributed by atoms with Gasteiger partial charge in [-0.3, -0.25) is 0 Å². The van der Waals surface area contributed by atoms with Gasteiger partial charge in [-0.2, -0.15) is 0 Å². The van der Waals surface area contributed by atoms with Crippen LogP contribution in [0.25, 0.3) is 0 Å².